The Hall–Kier alpha value is -0.770. The summed E-state index contributed by atoms with van der Waals surface area (Å²) in [5.74, 6) is -2.66. The van der Waals surface area contributed by atoms with Crippen molar-refractivity contribution in [2.75, 3.05) is 0 Å². The number of alkyl halides is 2. The van der Waals surface area contributed by atoms with Gasteiger partial charge in [-0.05, 0) is 30.5 Å². The first-order valence-electron chi connectivity index (χ1n) is 6.11. The van der Waals surface area contributed by atoms with Crippen LogP contribution in [0.4, 0.5) is 8.78 Å². The zero-order valence-corrected chi connectivity index (χ0v) is 11.6. The molecule has 1 aromatic rings. The van der Waals surface area contributed by atoms with Crippen molar-refractivity contribution in [3.05, 3.63) is 34.3 Å². The van der Waals surface area contributed by atoms with Crippen molar-refractivity contribution in [3.63, 3.8) is 0 Å². The summed E-state index contributed by atoms with van der Waals surface area (Å²) in [5.41, 5.74) is 0.945. The van der Waals surface area contributed by atoms with Gasteiger partial charge in [0.15, 0.2) is 0 Å². The van der Waals surface area contributed by atoms with Crippen LogP contribution in [-0.2, 0) is 11.2 Å². The summed E-state index contributed by atoms with van der Waals surface area (Å²) >= 11 is 3.33. The van der Waals surface area contributed by atoms with Gasteiger partial charge in [-0.3, -0.25) is 4.79 Å². The molecule has 2 rings (SSSR count). The molecule has 1 saturated carbocycles. The first-order valence-corrected chi connectivity index (χ1v) is 6.90. The molecule has 1 fully saturated rings. The van der Waals surface area contributed by atoms with E-state index < -0.39 is 5.92 Å². The lowest BCUT2D eigenvalue weighted by Gasteiger charge is -2.27. The molecule has 1 nitrogen and oxygen atoms in total. The normalized spacial score (nSPS) is 19.7. The number of Topliss-reactive ketones (excluding diaryl/α,β-unsaturated/α-hetero) is 1. The van der Waals surface area contributed by atoms with E-state index in [1.807, 2.05) is 24.3 Å². The molecule has 0 bridgehead atoms. The Bertz CT molecular complexity index is 418. The number of rotatable bonds is 3. The molecule has 0 radical (unpaired) electrons. The van der Waals surface area contributed by atoms with Crippen LogP contribution in [0, 0.1) is 5.92 Å². The van der Waals surface area contributed by atoms with E-state index >= 15 is 0 Å². The summed E-state index contributed by atoms with van der Waals surface area (Å²) in [5, 5.41) is 0. The molecular formula is C14H15BrF2O. The summed E-state index contributed by atoms with van der Waals surface area (Å²) < 4.78 is 27.0. The summed E-state index contributed by atoms with van der Waals surface area (Å²) in [6.07, 6.45) is 0.696. The molecule has 1 aromatic carbocycles. The van der Waals surface area contributed by atoms with E-state index in [1.165, 1.54) is 0 Å². The average Bonchev–Trinajstić information content (AvgIpc) is 2.32. The van der Waals surface area contributed by atoms with E-state index in [0.717, 1.165) is 10.0 Å². The highest BCUT2D eigenvalue weighted by Gasteiger charge is 2.37. The molecule has 0 atom stereocenters. The van der Waals surface area contributed by atoms with Crippen LogP contribution in [-0.4, -0.2) is 11.7 Å². The summed E-state index contributed by atoms with van der Waals surface area (Å²) in [7, 11) is 0. The zero-order valence-electron chi connectivity index (χ0n) is 9.96. The van der Waals surface area contributed by atoms with Gasteiger partial charge in [0.25, 0.3) is 0 Å². The van der Waals surface area contributed by atoms with Crippen LogP contribution in [0.25, 0.3) is 0 Å². The molecule has 0 aromatic heterocycles. The van der Waals surface area contributed by atoms with E-state index in [9.17, 15) is 13.6 Å². The smallest absolute Gasteiger partial charge is 0.248 e. The molecule has 0 saturated heterocycles. The van der Waals surface area contributed by atoms with E-state index in [0.29, 0.717) is 19.3 Å². The summed E-state index contributed by atoms with van der Waals surface area (Å²) in [6, 6.07) is 7.55. The average molecular weight is 317 g/mol. The second-order valence-corrected chi connectivity index (χ2v) is 5.82. The van der Waals surface area contributed by atoms with Gasteiger partial charge in [-0.1, -0.05) is 28.1 Å². The van der Waals surface area contributed by atoms with Crippen molar-refractivity contribution in [1.29, 1.82) is 0 Å². The lowest BCUT2D eigenvalue weighted by Crippen LogP contribution is -2.29. The second kappa shape index (κ2) is 5.47. The molecule has 0 aliphatic heterocycles. The number of hydrogen-bond donors (Lipinski definition) is 0. The van der Waals surface area contributed by atoms with Gasteiger partial charge in [-0.25, -0.2) is 8.78 Å². The minimum Gasteiger partial charge on any atom is -0.299 e. The molecule has 1 aliphatic carbocycles. The predicted molar refractivity (Wildman–Crippen MR) is 69.8 cm³/mol. The number of carbonyl (C=O) groups is 1. The molecule has 0 unspecified atom stereocenters. The minimum atomic E-state index is -2.56. The van der Waals surface area contributed by atoms with Crippen molar-refractivity contribution in [2.45, 2.75) is 38.0 Å². The van der Waals surface area contributed by atoms with Gasteiger partial charge in [0.05, 0.1) is 0 Å². The van der Waals surface area contributed by atoms with Crippen molar-refractivity contribution < 1.29 is 13.6 Å². The van der Waals surface area contributed by atoms with Crippen LogP contribution in [0.2, 0.25) is 0 Å². The van der Waals surface area contributed by atoms with E-state index in [-0.39, 0.29) is 24.5 Å². The van der Waals surface area contributed by atoms with E-state index in [4.69, 9.17) is 0 Å². The van der Waals surface area contributed by atoms with Gasteiger partial charge >= 0.3 is 0 Å². The van der Waals surface area contributed by atoms with Gasteiger partial charge in [-0.2, -0.15) is 0 Å². The number of hydrogen-bond acceptors (Lipinski definition) is 1. The highest BCUT2D eigenvalue weighted by Crippen LogP contribution is 2.36. The number of halogens is 3. The Morgan fingerprint density at radius 3 is 2.33 bits per heavy atom. The van der Waals surface area contributed by atoms with Gasteiger partial charge < -0.3 is 0 Å². The van der Waals surface area contributed by atoms with Crippen molar-refractivity contribution in [2.24, 2.45) is 5.92 Å². The monoisotopic (exact) mass is 316 g/mol. The lowest BCUT2D eigenvalue weighted by atomic mass is 9.82. The third-order valence-electron chi connectivity index (χ3n) is 3.46. The Kier molecular flexibility index (Phi) is 4.15. The molecule has 0 amide bonds. The van der Waals surface area contributed by atoms with E-state index in [2.05, 4.69) is 15.9 Å². The maximum Gasteiger partial charge on any atom is 0.248 e. The second-order valence-electron chi connectivity index (χ2n) is 4.90. The van der Waals surface area contributed by atoms with Crippen molar-refractivity contribution >= 4 is 21.7 Å². The van der Waals surface area contributed by atoms with E-state index in [1.54, 1.807) is 0 Å². The maximum atomic E-state index is 13.0. The summed E-state index contributed by atoms with van der Waals surface area (Å²) in [4.78, 5) is 12.0. The first-order chi connectivity index (χ1) is 8.46. The van der Waals surface area contributed by atoms with Gasteiger partial charge in [0.1, 0.15) is 5.78 Å². The van der Waals surface area contributed by atoms with Crippen molar-refractivity contribution in [3.8, 4) is 0 Å². The standard InChI is InChI=1S/C14H15BrF2O/c15-12-3-1-10(2-4-12)9-13(18)11-5-7-14(16,17)8-6-11/h1-4,11H,5-9H2. The SMILES string of the molecule is O=C(Cc1ccc(Br)cc1)C1CCC(F)(F)CC1. The minimum absolute atomic E-state index is 0.0906. The highest BCUT2D eigenvalue weighted by molar-refractivity contribution is 9.10. The van der Waals surface area contributed by atoms with Crippen LogP contribution < -0.4 is 0 Å². The van der Waals surface area contributed by atoms with Crippen LogP contribution in [0.1, 0.15) is 31.2 Å². The Morgan fingerprint density at radius 1 is 1.22 bits per heavy atom. The Labute approximate surface area is 114 Å². The molecule has 98 valence electrons. The molecule has 4 heteroatoms. The fourth-order valence-electron chi connectivity index (χ4n) is 2.31. The number of ketones is 1. The van der Waals surface area contributed by atoms with Crippen molar-refractivity contribution in [1.82, 2.24) is 0 Å². The third kappa shape index (κ3) is 3.61. The van der Waals surface area contributed by atoms with Gasteiger partial charge in [0, 0.05) is 29.7 Å². The van der Waals surface area contributed by atoms with Gasteiger partial charge in [-0.15, -0.1) is 0 Å². The Balaban J connectivity index is 1.91. The molecular weight excluding hydrogens is 302 g/mol. The third-order valence-corrected chi connectivity index (χ3v) is 3.99. The molecule has 0 spiro atoms. The molecule has 0 heterocycles. The van der Waals surface area contributed by atoms with Crippen LogP contribution >= 0.6 is 15.9 Å². The highest BCUT2D eigenvalue weighted by atomic mass is 79.9. The fourth-order valence-corrected chi connectivity index (χ4v) is 2.57. The quantitative estimate of drug-likeness (QED) is 0.808. The maximum absolute atomic E-state index is 13.0. The first kappa shape index (κ1) is 13.7. The lowest BCUT2D eigenvalue weighted by molar-refractivity contribution is -0.126. The predicted octanol–water partition coefficient (Wildman–Crippen LogP) is 4.39. The molecule has 1 aliphatic rings. The van der Waals surface area contributed by atoms with Crippen LogP contribution in [0.15, 0.2) is 28.7 Å². The number of benzene rings is 1. The van der Waals surface area contributed by atoms with Crippen LogP contribution in [0.5, 0.6) is 0 Å². The fraction of sp³-hybridized carbons (Fsp3) is 0.500. The largest absolute Gasteiger partial charge is 0.299 e. The Morgan fingerprint density at radius 2 is 1.78 bits per heavy atom. The van der Waals surface area contributed by atoms with Gasteiger partial charge in [0.2, 0.25) is 5.92 Å². The zero-order chi connectivity index (χ0) is 13.2. The topological polar surface area (TPSA) is 17.1 Å². The number of carbonyl (C=O) groups excluding carboxylic acids is 1. The summed E-state index contributed by atoms with van der Waals surface area (Å²) in [6.45, 7) is 0. The molecule has 18 heavy (non-hydrogen) atoms. The molecule has 0 N–H and O–H groups in total. The van der Waals surface area contributed by atoms with Crippen LogP contribution in [0.3, 0.4) is 0 Å².